The number of carbonyl (C=O) groups excluding carboxylic acids is 2. The minimum atomic E-state index is -0.600. The number of nitrogens with one attached hydrogen (secondary N) is 1. The minimum Gasteiger partial charge on any atom is -0.493 e. The lowest BCUT2D eigenvalue weighted by Crippen LogP contribution is -2.35. The van der Waals surface area contributed by atoms with Crippen LogP contribution in [-0.2, 0) is 12.8 Å². The number of amides is 2. The lowest BCUT2D eigenvalue weighted by molar-refractivity contribution is 0.0997. The number of carbonyl (C=O) groups is 2. The Kier molecular flexibility index (Phi) is 8.49. The Bertz CT molecular complexity index is 1890. The predicted molar refractivity (Wildman–Crippen MR) is 177 cm³/mol. The molecule has 228 valence electrons. The van der Waals surface area contributed by atoms with Crippen LogP contribution in [0.15, 0.2) is 91.0 Å². The van der Waals surface area contributed by atoms with E-state index in [-0.39, 0.29) is 17.5 Å². The summed E-state index contributed by atoms with van der Waals surface area (Å²) in [5.74, 6) is 0.633. The van der Waals surface area contributed by atoms with Crippen LogP contribution in [0.3, 0.4) is 0 Å². The van der Waals surface area contributed by atoms with E-state index < -0.39 is 5.91 Å². The highest BCUT2D eigenvalue weighted by molar-refractivity contribution is 6.11. The topological polar surface area (TPSA) is 107 Å². The number of pyridine rings is 1. The van der Waals surface area contributed by atoms with Crippen molar-refractivity contribution in [3.63, 3.8) is 0 Å². The molecular formula is C37H36N4O4. The van der Waals surface area contributed by atoms with Gasteiger partial charge in [0.25, 0.3) is 11.8 Å². The number of ether oxygens (including phenoxy) is 2. The SMILES string of the molecule is COc1cc2c(cc1OC)C(C)N(CCc1ccc(NC(=O)c3ccccc3-c3nc4ccccc4cc3C(N)=O)cc1)CC2. The Hall–Kier alpha value is -5.21. The summed E-state index contributed by atoms with van der Waals surface area (Å²) >= 11 is 0. The highest BCUT2D eigenvalue weighted by Gasteiger charge is 2.26. The molecule has 0 saturated heterocycles. The van der Waals surface area contributed by atoms with E-state index >= 15 is 0 Å². The number of rotatable bonds is 9. The Morgan fingerprint density at radius 1 is 0.911 bits per heavy atom. The molecule has 0 fully saturated rings. The minimum absolute atomic E-state index is 0.263. The number of fused-ring (bicyclic) bond motifs is 2. The number of nitrogens with zero attached hydrogens (tertiary/aromatic N) is 2. The Balaban J connectivity index is 1.15. The Morgan fingerprint density at radius 2 is 1.62 bits per heavy atom. The van der Waals surface area contributed by atoms with Crippen LogP contribution in [0.4, 0.5) is 5.69 Å². The van der Waals surface area contributed by atoms with Gasteiger partial charge in [-0.2, -0.15) is 0 Å². The van der Waals surface area contributed by atoms with Gasteiger partial charge >= 0.3 is 0 Å². The fourth-order valence-corrected chi connectivity index (χ4v) is 6.12. The summed E-state index contributed by atoms with van der Waals surface area (Å²) in [6.45, 7) is 4.12. The van der Waals surface area contributed by atoms with E-state index in [1.54, 1.807) is 38.5 Å². The lowest BCUT2D eigenvalue weighted by atomic mass is 9.92. The average molecular weight is 601 g/mol. The predicted octanol–water partition coefficient (Wildman–Crippen LogP) is 6.43. The number of hydrogen-bond donors (Lipinski definition) is 2. The monoisotopic (exact) mass is 600 g/mol. The third-order valence-corrected chi connectivity index (χ3v) is 8.63. The zero-order valence-electron chi connectivity index (χ0n) is 25.7. The summed E-state index contributed by atoms with van der Waals surface area (Å²) in [7, 11) is 3.34. The number of primary amides is 1. The summed E-state index contributed by atoms with van der Waals surface area (Å²) in [6.07, 6.45) is 1.84. The van der Waals surface area contributed by atoms with Gasteiger partial charge in [0.05, 0.1) is 31.0 Å². The number of para-hydroxylation sites is 1. The molecule has 1 aromatic heterocycles. The summed E-state index contributed by atoms with van der Waals surface area (Å²) in [6, 6.07) is 28.8. The maximum atomic E-state index is 13.5. The Morgan fingerprint density at radius 3 is 2.38 bits per heavy atom. The van der Waals surface area contributed by atoms with Gasteiger partial charge in [-0.1, -0.05) is 48.5 Å². The van der Waals surface area contributed by atoms with Crippen molar-refractivity contribution in [3.8, 4) is 22.8 Å². The number of anilines is 1. The van der Waals surface area contributed by atoms with Crippen LogP contribution in [0.2, 0.25) is 0 Å². The molecule has 0 bridgehead atoms. The molecule has 4 aromatic carbocycles. The van der Waals surface area contributed by atoms with Crippen LogP contribution in [0.5, 0.6) is 11.5 Å². The summed E-state index contributed by atoms with van der Waals surface area (Å²) in [5, 5.41) is 3.81. The first-order valence-corrected chi connectivity index (χ1v) is 15.0. The largest absolute Gasteiger partial charge is 0.493 e. The van der Waals surface area contributed by atoms with Gasteiger partial charge in [0.1, 0.15) is 0 Å². The maximum absolute atomic E-state index is 13.5. The first kappa shape index (κ1) is 29.8. The van der Waals surface area contributed by atoms with Crippen LogP contribution in [0.1, 0.15) is 50.4 Å². The lowest BCUT2D eigenvalue weighted by Gasteiger charge is -2.35. The number of hydrogen-bond acceptors (Lipinski definition) is 6. The summed E-state index contributed by atoms with van der Waals surface area (Å²) in [4.78, 5) is 33.1. The molecule has 45 heavy (non-hydrogen) atoms. The zero-order valence-corrected chi connectivity index (χ0v) is 25.7. The fraction of sp³-hybridized carbons (Fsp3) is 0.216. The van der Waals surface area contributed by atoms with E-state index in [2.05, 4.69) is 29.3 Å². The van der Waals surface area contributed by atoms with E-state index in [0.717, 1.165) is 42.8 Å². The number of nitrogens with two attached hydrogens (primary N) is 1. The Labute approximate surface area is 262 Å². The number of methoxy groups -OCH3 is 2. The molecule has 6 rings (SSSR count). The molecule has 3 N–H and O–H groups in total. The quantitative estimate of drug-likeness (QED) is 0.202. The van der Waals surface area contributed by atoms with Crippen molar-refractivity contribution in [2.45, 2.75) is 25.8 Å². The van der Waals surface area contributed by atoms with Crippen molar-refractivity contribution >= 4 is 28.4 Å². The molecule has 2 amide bonds. The van der Waals surface area contributed by atoms with Gasteiger partial charge in [-0.3, -0.25) is 14.5 Å². The second kappa shape index (κ2) is 12.8. The van der Waals surface area contributed by atoms with E-state index in [4.69, 9.17) is 20.2 Å². The summed E-state index contributed by atoms with van der Waals surface area (Å²) < 4.78 is 11.0. The van der Waals surface area contributed by atoms with Crippen LogP contribution in [0.25, 0.3) is 22.2 Å². The smallest absolute Gasteiger partial charge is 0.256 e. The van der Waals surface area contributed by atoms with Crippen LogP contribution in [-0.4, -0.2) is 49.0 Å². The molecule has 0 aliphatic carbocycles. The van der Waals surface area contributed by atoms with Gasteiger partial charge in [0, 0.05) is 41.3 Å². The van der Waals surface area contributed by atoms with Crippen molar-refractivity contribution in [2.75, 3.05) is 32.6 Å². The van der Waals surface area contributed by atoms with Gasteiger partial charge in [0.15, 0.2) is 11.5 Å². The van der Waals surface area contributed by atoms with E-state index in [1.165, 1.54) is 16.7 Å². The highest BCUT2D eigenvalue weighted by atomic mass is 16.5. The first-order valence-electron chi connectivity index (χ1n) is 15.0. The molecular weight excluding hydrogens is 564 g/mol. The number of benzene rings is 4. The van der Waals surface area contributed by atoms with Gasteiger partial charge in [0.2, 0.25) is 0 Å². The molecule has 1 aliphatic rings. The third-order valence-electron chi connectivity index (χ3n) is 8.63. The highest BCUT2D eigenvalue weighted by Crippen LogP contribution is 2.38. The molecule has 5 aromatic rings. The van der Waals surface area contributed by atoms with Crippen LogP contribution < -0.4 is 20.5 Å². The molecule has 1 aliphatic heterocycles. The van der Waals surface area contributed by atoms with E-state index in [1.807, 2.05) is 54.6 Å². The van der Waals surface area contributed by atoms with Crippen molar-refractivity contribution < 1.29 is 19.1 Å². The standard InChI is InChI=1S/C37H36N4O4/c1-23-30-22-34(45-3)33(44-2)21-25(30)17-19-41(23)18-16-24-12-14-27(15-13-24)39-37(43)29-10-6-5-9-28(29)35-31(36(38)42)20-26-8-4-7-11-32(26)40-35/h4-15,20-23H,16-19H2,1-3H3,(H2,38,42)(H,39,43). The van der Waals surface area contributed by atoms with Gasteiger partial charge in [-0.25, -0.2) is 4.98 Å². The van der Waals surface area contributed by atoms with Gasteiger partial charge in [-0.15, -0.1) is 0 Å². The van der Waals surface area contributed by atoms with Crippen molar-refractivity contribution in [3.05, 3.63) is 119 Å². The second-order valence-electron chi connectivity index (χ2n) is 11.3. The first-order chi connectivity index (χ1) is 21.9. The second-order valence-corrected chi connectivity index (χ2v) is 11.3. The third kappa shape index (κ3) is 6.10. The van der Waals surface area contributed by atoms with Crippen molar-refractivity contribution in [2.24, 2.45) is 5.73 Å². The van der Waals surface area contributed by atoms with Gasteiger partial charge in [-0.05, 0) is 78.9 Å². The fourth-order valence-electron chi connectivity index (χ4n) is 6.12. The number of aromatic nitrogens is 1. The average Bonchev–Trinajstić information content (AvgIpc) is 3.07. The molecule has 8 nitrogen and oxygen atoms in total. The van der Waals surface area contributed by atoms with Crippen LogP contribution >= 0.6 is 0 Å². The van der Waals surface area contributed by atoms with Crippen molar-refractivity contribution in [1.82, 2.24) is 9.88 Å². The molecule has 0 saturated carbocycles. The molecule has 1 atom stereocenters. The van der Waals surface area contributed by atoms with E-state index in [9.17, 15) is 9.59 Å². The molecule has 8 heteroatoms. The summed E-state index contributed by atoms with van der Waals surface area (Å²) in [5.41, 5.74) is 12.5. The van der Waals surface area contributed by atoms with Gasteiger partial charge < -0.3 is 20.5 Å². The molecule has 0 spiro atoms. The van der Waals surface area contributed by atoms with Crippen LogP contribution in [0, 0.1) is 0 Å². The molecule has 2 heterocycles. The maximum Gasteiger partial charge on any atom is 0.256 e. The normalized spacial score (nSPS) is 14.5. The van der Waals surface area contributed by atoms with Crippen molar-refractivity contribution in [1.29, 1.82) is 0 Å². The molecule has 0 radical (unpaired) electrons. The van der Waals surface area contributed by atoms with E-state index in [0.29, 0.717) is 28.0 Å². The molecule has 1 unspecified atom stereocenters. The zero-order chi connectivity index (χ0) is 31.5.